The number of benzene rings is 1. The van der Waals surface area contributed by atoms with Crippen LogP contribution < -0.4 is 39.4 Å². The maximum absolute atomic E-state index is 5.59. The molecule has 2 aromatic rings. The molecule has 0 aliphatic rings. The van der Waals surface area contributed by atoms with Gasteiger partial charge in [-0.05, 0) is 29.6 Å². The molecule has 2 rings (SSSR count). The van der Waals surface area contributed by atoms with Gasteiger partial charge in [0.05, 0.1) is 6.61 Å². The number of rotatable bonds is 5. The molecule has 80 valence electrons. The summed E-state index contributed by atoms with van der Waals surface area (Å²) < 4.78 is 5.59. The first-order chi connectivity index (χ1) is 7.40. The molecular weight excluding hydrogens is 213 g/mol. The van der Waals surface area contributed by atoms with E-state index in [4.69, 9.17) is 4.74 Å². The third kappa shape index (κ3) is 3.47. The molecule has 0 saturated heterocycles. The van der Waals surface area contributed by atoms with Gasteiger partial charge in [-0.1, -0.05) is 25.8 Å². The summed E-state index contributed by atoms with van der Waals surface area (Å²) in [4.78, 5) is 0. The third-order valence-corrected chi connectivity index (χ3v) is 2.27. The van der Waals surface area contributed by atoms with Gasteiger partial charge in [-0.15, -0.1) is 0 Å². The van der Waals surface area contributed by atoms with Gasteiger partial charge in [0.15, 0.2) is 0 Å². The van der Waals surface area contributed by atoms with Crippen LogP contribution in [0.2, 0.25) is 0 Å². The zero-order chi connectivity index (χ0) is 10.5. The first kappa shape index (κ1) is 13.5. The fraction of sp³-hybridized carbons (Fsp3) is 0.455. The number of aromatic nitrogens is 3. The van der Waals surface area contributed by atoms with Crippen LogP contribution in [-0.2, 0) is 0 Å². The standard InChI is InChI=1S/C11H14N3O.Na/c1-2-3-4-7-15-9-5-6-10-11(8-9)13-14-12-10;/h5-6,8H,2-4,7H2,1H3;/q-1;+1. The fourth-order valence-corrected chi connectivity index (χ4v) is 1.42. The van der Waals surface area contributed by atoms with E-state index in [1.165, 1.54) is 12.8 Å². The van der Waals surface area contributed by atoms with Gasteiger partial charge in [0.25, 0.3) is 0 Å². The Morgan fingerprint density at radius 2 is 2.19 bits per heavy atom. The SMILES string of the molecule is CCCCCOc1ccc2[n-]nnc2c1.[Na+]. The summed E-state index contributed by atoms with van der Waals surface area (Å²) in [5, 5.41) is 11.3. The second-order valence-corrected chi connectivity index (χ2v) is 3.50. The molecular formula is C11H14N3NaO. The van der Waals surface area contributed by atoms with Gasteiger partial charge in [0.2, 0.25) is 0 Å². The van der Waals surface area contributed by atoms with Gasteiger partial charge in [0, 0.05) is 0 Å². The van der Waals surface area contributed by atoms with Crippen LogP contribution in [0.25, 0.3) is 11.0 Å². The molecule has 0 aliphatic carbocycles. The summed E-state index contributed by atoms with van der Waals surface area (Å²) in [6, 6.07) is 5.66. The minimum atomic E-state index is 0. The van der Waals surface area contributed by atoms with Gasteiger partial charge in [0.1, 0.15) is 5.75 Å². The van der Waals surface area contributed by atoms with Crippen molar-refractivity contribution in [1.82, 2.24) is 15.4 Å². The van der Waals surface area contributed by atoms with Gasteiger partial charge in [-0.2, -0.15) is 0 Å². The Hall–Kier alpha value is -0.580. The van der Waals surface area contributed by atoms with Crippen molar-refractivity contribution in [3.8, 4) is 5.75 Å². The molecule has 4 nitrogen and oxygen atoms in total. The normalized spacial score (nSPS) is 10.1. The largest absolute Gasteiger partial charge is 1.00 e. The second-order valence-electron chi connectivity index (χ2n) is 3.50. The molecule has 1 heterocycles. The van der Waals surface area contributed by atoms with Crippen molar-refractivity contribution < 1.29 is 34.3 Å². The maximum atomic E-state index is 5.59. The number of fused-ring (bicyclic) bond motifs is 1. The van der Waals surface area contributed by atoms with Crippen LogP contribution in [0.4, 0.5) is 0 Å². The van der Waals surface area contributed by atoms with Gasteiger partial charge in [-0.3, -0.25) is 5.21 Å². The van der Waals surface area contributed by atoms with E-state index in [-0.39, 0.29) is 29.6 Å². The summed E-state index contributed by atoms with van der Waals surface area (Å²) in [6.45, 7) is 2.94. The molecule has 0 radical (unpaired) electrons. The van der Waals surface area contributed by atoms with Crippen LogP contribution in [-0.4, -0.2) is 16.9 Å². The minimum absolute atomic E-state index is 0. The predicted octanol–water partition coefficient (Wildman–Crippen LogP) is -0.840. The smallest absolute Gasteiger partial charge is 0.494 e. The van der Waals surface area contributed by atoms with Gasteiger partial charge >= 0.3 is 29.6 Å². The molecule has 0 spiro atoms. The minimum Gasteiger partial charge on any atom is -0.494 e. The first-order valence-corrected chi connectivity index (χ1v) is 5.29. The molecule has 0 atom stereocenters. The molecule has 0 saturated carbocycles. The van der Waals surface area contributed by atoms with E-state index in [0.29, 0.717) is 0 Å². The molecule has 0 aliphatic heterocycles. The number of hydrogen-bond acceptors (Lipinski definition) is 3. The Morgan fingerprint density at radius 1 is 1.31 bits per heavy atom. The van der Waals surface area contributed by atoms with Crippen LogP contribution in [0.3, 0.4) is 0 Å². The first-order valence-electron chi connectivity index (χ1n) is 5.29. The number of nitrogens with zero attached hydrogens (tertiary/aromatic N) is 3. The molecule has 16 heavy (non-hydrogen) atoms. The van der Waals surface area contributed by atoms with Crippen molar-refractivity contribution in [2.24, 2.45) is 0 Å². The molecule has 0 bridgehead atoms. The predicted molar refractivity (Wildman–Crippen MR) is 57.9 cm³/mol. The molecule has 1 aromatic carbocycles. The van der Waals surface area contributed by atoms with E-state index in [1.807, 2.05) is 18.2 Å². The van der Waals surface area contributed by atoms with E-state index >= 15 is 0 Å². The van der Waals surface area contributed by atoms with Crippen LogP contribution in [0.15, 0.2) is 18.2 Å². The molecule has 0 unspecified atom stereocenters. The van der Waals surface area contributed by atoms with Crippen LogP contribution in [0.5, 0.6) is 5.75 Å². The molecule has 0 fully saturated rings. The van der Waals surface area contributed by atoms with Gasteiger partial charge < -0.3 is 14.9 Å². The van der Waals surface area contributed by atoms with E-state index in [1.54, 1.807) is 0 Å². The molecule has 0 amide bonds. The third-order valence-electron chi connectivity index (χ3n) is 2.27. The van der Waals surface area contributed by atoms with Crippen LogP contribution in [0, 0.1) is 0 Å². The van der Waals surface area contributed by atoms with Crippen molar-refractivity contribution >= 4 is 11.0 Å². The zero-order valence-electron chi connectivity index (χ0n) is 9.81. The van der Waals surface area contributed by atoms with Crippen molar-refractivity contribution in [2.75, 3.05) is 6.61 Å². The maximum Gasteiger partial charge on any atom is 1.00 e. The van der Waals surface area contributed by atoms with Crippen molar-refractivity contribution in [1.29, 1.82) is 0 Å². The van der Waals surface area contributed by atoms with Crippen LogP contribution in [0.1, 0.15) is 26.2 Å². The summed E-state index contributed by atoms with van der Waals surface area (Å²) >= 11 is 0. The summed E-state index contributed by atoms with van der Waals surface area (Å²) in [5.74, 6) is 0.848. The average molecular weight is 227 g/mol. The monoisotopic (exact) mass is 227 g/mol. The van der Waals surface area contributed by atoms with E-state index in [2.05, 4.69) is 22.3 Å². The Balaban J connectivity index is 0.00000128. The summed E-state index contributed by atoms with van der Waals surface area (Å²) in [7, 11) is 0. The van der Waals surface area contributed by atoms with Gasteiger partial charge in [-0.25, -0.2) is 0 Å². The Kier molecular flexibility index (Phi) is 5.80. The average Bonchev–Trinajstić information content (AvgIpc) is 2.71. The van der Waals surface area contributed by atoms with E-state index in [0.717, 1.165) is 29.8 Å². The van der Waals surface area contributed by atoms with E-state index < -0.39 is 0 Å². The number of hydrogen-bond donors (Lipinski definition) is 0. The molecule has 5 heteroatoms. The fourth-order valence-electron chi connectivity index (χ4n) is 1.42. The Bertz CT molecular complexity index is 430. The summed E-state index contributed by atoms with van der Waals surface area (Å²) in [5.41, 5.74) is 1.61. The Labute approximate surface area is 117 Å². The number of unbranched alkanes of at least 4 members (excludes halogenated alkanes) is 2. The molecule has 1 aromatic heterocycles. The number of ether oxygens (including phenoxy) is 1. The molecule has 0 N–H and O–H groups in total. The zero-order valence-corrected chi connectivity index (χ0v) is 11.8. The van der Waals surface area contributed by atoms with Crippen molar-refractivity contribution in [2.45, 2.75) is 26.2 Å². The van der Waals surface area contributed by atoms with E-state index in [9.17, 15) is 0 Å². The van der Waals surface area contributed by atoms with Crippen LogP contribution >= 0.6 is 0 Å². The van der Waals surface area contributed by atoms with Crippen molar-refractivity contribution in [3.05, 3.63) is 18.2 Å². The second kappa shape index (κ2) is 6.89. The summed E-state index contributed by atoms with van der Waals surface area (Å²) in [6.07, 6.45) is 3.51. The topological polar surface area (TPSA) is 49.1 Å². The van der Waals surface area contributed by atoms with Crippen molar-refractivity contribution in [3.63, 3.8) is 0 Å². The Morgan fingerprint density at radius 3 is 3.00 bits per heavy atom. The quantitative estimate of drug-likeness (QED) is 0.493.